The molecule has 0 radical (unpaired) electrons. The first-order valence-electron chi connectivity index (χ1n) is 8.59. The highest BCUT2D eigenvalue weighted by Gasteiger charge is 2.09. The molecule has 0 saturated carbocycles. The van der Waals surface area contributed by atoms with E-state index in [-0.39, 0.29) is 5.91 Å². The number of hydrogen-bond donors (Lipinski definition) is 1. The maximum absolute atomic E-state index is 12.2. The summed E-state index contributed by atoms with van der Waals surface area (Å²) < 4.78 is 10.9. The third-order valence-corrected chi connectivity index (χ3v) is 4.18. The lowest BCUT2D eigenvalue weighted by atomic mass is 10.2. The van der Waals surface area contributed by atoms with Crippen LogP contribution in [-0.2, 0) is 6.61 Å². The van der Waals surface area contributed by atoms with E-state index in [2.05, 4.69) is 10.5 Å². The zero-order chi connectivity index (χ0) is 19.8. The Morgan fingerprint density at radius 2 is 1.75 bits per heavy atom. The molecular weight excluding hydrogens is 376 g/mol. The van der Waals surface area contributed by atoms with Crippen LogP contribution in [0.4, 0.5) is 0 Å². The lowest BCUT2D eigenvalue weighted by Gasteiger charge is -2.07. The minimum atomic E-state index is -0.336. The van der Waals surface area contributed by atoms with Crippen LogP contribution >= 0.6 is 11.6 Å². The summed E-state index contributed by atoms with van der Waals surface area (Å²) in [6.07, 6.45) is 1.57. The van der Waals surface area contributed by atoms with Gasteiger partial charge in [-0.3, -0.25) is 4.79 Å². The van der Waals surface area contributed by atoms with Gasteiger partial charge >= 0.3 is 0 Å². The summed E-state index contributed by atoms with van der Waals surface area (Å²) >= 11 is 5.87. The number of amides is 1. The number of hydrogen-bond acceptors (Lipinski definition) is 4. The molecule has 6 heteroatoms. The molecule has 142 valence electrons. The van der Waals surface area contributed by atoms with Crippen LogP contribution in [-0.4, -0.2) is 19.2 Å². The Balaban J connectivity index is 1.53. The summed E-state index contributed by atoms with van der Waals surface area (Å²) in [6.45, 7) is 0.458. The third-order valence-electron chi connectivity index (χ3n) is 3.93. The summed E-state index contributed by atoms with van der Waals surface area (Å²) in [7, 11) is 1.52. The molecule has 5 nitrogen and oxygen atoms in total. The number of methoxy groups -OCH3 is 1. The average Bonchev–Trinajstić information content (AvgIpc) is 2.74. The van der Waals surface area contributed by atoms with E-state index in [1.54, 1.807) is 30.5 Å². The second-order valence-electron chi connectivity index (χ2n) is 5.88. The Morgan fingerprint density at radius 1 is 1.04 bits per heavy atom. The highest BCUT2D eigenvalue weighted by Crippen LogP contribution is 2.17. The molecule has 3 rings (SSSR count). The Labute approximate surface area is 168 Å². The summed E-state index contributed by atoms with van der Waals surface area (Å²) in [4.78, 5) is 12.2. The number of rotatable bonds is 7. The molecule has 1 amide bonds. The van der Waals surface area contributed by atoms with Crippen LogP contribution in [0, 0.1) is 0 Å². The molecule has 0 aliphatic heterocycles. The molecule has 0 saturated heterocycles. The minimum Gasteiger partial charge on any atom is -0.496 e. The normalized spacial score (nSPS) is 10.6. The summed E-state index contributed by atoms with van der Waals surface area (Å²) in [6, 6.07) is 21.9. The molecule has 0 spiro atoms. The molecule has 0 bridgehead atoms. The number of carbonyl (C=O) groups is 1. The highest BCUT2D eigenvalue weighted by atomic mass is 35.5. The lowest BCUT2D eigenvalue weighted by molar-refractivity contribution is 0.0952. The maximum Gasteiger partial charge on any atom is 0.275 e. The largest absolute Gasteiger partial charge is 0.496 e. The van der Waals surface area contributed by atoms with Crippen LogP contribution < -0.4 is 14.9 Å². The van der Waals surface area contributed by atoms with Gasteiger partial charge in [-0.25, -0.2) is 5.43 Å². The van der Waals surface area contributed by atoms with Gasteiger partial charge in [0.1, 0.15) is 18.1 Å². The van der Waals surface area contributed by atoms with E-state index >= 15 is 0 Å². The van der Waals surface area contributed by atoms with Gasteiger partial charge in [-0.1, -0.05) is 35.9 Å². The SMILES string of the molecule is COc1ccccc1C(=O)N/N=C\c1ccc(OCc2ccc(Cl)cc2)cc1. The topological polar surface area (TPSA) is 59.9 Å². The van der Waals surface area contributed by atoms with Crippen molar-refractivity contribution >= 4 is 23.7 Å². The van der Waals surface area contributed by atoms with Crippen LogP contribution in [0.3, 0.4) is 0 Å². The van der Waals surface area contributed by atoms with E-state index in [1.165, 1.54) is 7.11 Å². The van der Waals surface area contributed by atoms with E-state index in [4.69, 9.17) is 21.1 Å². The molecule has 0 aliphatic carbocycles. The van der Waals surface area contributed by atoms with Crippen molar-refractivity contribution in [1.29, 1.82) is 0 Å². The average molecular weight is 395 g/mol. The Kier molecular flexibility index (Phi) is 6.65. The number of hydrazone groups is 1. The molecule has 28 heavy (non-hydrogen) atoms. The van der Waals surface area contributed by atoms with Crippen LogP contribution in [0.15, 0.2) is 77.9 Å². The zero-order valence-electron chi connectivity index (χ0n) is 15.3. The van der Waals surface area contributed by atoms with Crippen molar-refractivity contribution in [2.45, 2.75) is 6.61 Å². The van der Waals surface area contributed by atoms with Gasteiger partial charge in [-0.05, 0) is 59.7 Å². The van der Waals surface area contributed by atoms with Crippen LogP contribution in [0.1, 0.15) is 21.5 Å². The van der Waals surface area contributed by atoms with Gasteiger partial charge in [0.15, 0.2) is 0 Å². The maximum atomic E-state index is 12.2. The van der Waals surface area contributed by atoms with E-state index < -0.39 is 0 Å². The van der Waals surface area contributed by atoms with Crippen molar-refractivity contribution in [3.63, 3.8) is 0 Å². The number of carbonyl (C=O) groups excluding carboxylic acids is 1. The molecule has 3 aromatic rings. The molecular formula is C22H19ClN2O3. The van der Waals surface area contributed by atoms with Gasteiger partial charge < -0.3 is 9.47 Å². The molecule has 0 aromatic heterocycles. The quantitative estimate of drug-likeness (QED) is 0.467. The first-order chi connectivity index (χ1) is 13.7. The van der Waals surface area contributed by atoms with Gasteiger partial charge in [0.25, 0.3) is 5.91 Å². The zero-order valence-corrected chi connectivity index (χ0v) is 16.0. The smallest absolute Gasteiger partial charge is 0.275 e. The molecule has 0 aliphatic rings. The van der Waals surface area contributed by atoms with Crippen molar-refractivity contribution in [2.75, 3.05) is 7.11 Å². The second-order valence-corrected chi connectivity index (χ2v) is 6.32. The third kappa shape index (κ3) is 5.34. The lowest BCUT2D eigenvalue weighted by Crippen LogP contribution is -2.18. The summed E-state index contributed by atoms with van der Waals surface area (Å²) in [5.74, 6) is 0.902. The van der Waals surface area contributed by atoms with Crippen LogP contribution in [0.25, 0.3) is 0 Å². The Hall–Kier alpha value is -3.31. The summed E-state index contributed by atoms with van der Waals surface area (Å²) in [5, 5.41) is 4.69. The molecule has 0 atom stereocenters. The number of ether oxygens (including phenoxy) is 2. The fraction of sp³-hybridized carbons (Fsp3) is 0.0909. The Bertz CT molecular complexity index is 954. The number of benzene rings is 3. The fourth-order valence-corrected chi connectivity index (χ4v) is 2.58. The number of halogens is 1. The molecule has 3 aromatic carbocycles. The molecule has 1 N–H and O–H groups in total. The standard InChI is InChI=1S/C22H19ClN2O3/c1-27-21-5-3-2-4-20(21)22(26)25-24-14-16-8-12-19(13-9-16)28-15-17-6-10-18(23)11-7-17/h2-14H,15H2,1H3,(H,25,26)/b24-14-. The number of nitrogens with one attached hydrogen (secondary N) is 1. The highest BCUT2D eigenvalue weighted by molar-refractivity contribution is 6.30. The predicted octanol–water partition coefficient (Wildman–Crippen LogP) is 4.69. The van der Waals surface area contributed by atoms with Gasteiger partial charge in [0, 0.05) is 5.02 Å². The molecule has 0 unspecified atom stereocenters. The van der Waals surface area contributed by atoms with Crippen molar-refractivity contribution < 1.29 is 14.3 Å². The van der Waals surface area contributed by atoms with Crippen molar-refractivity contribution in [2.24, 2.45) is 5.10 Å². The van der Waals surface area contributed by atoms with E-state index in [9.17, 15) is 4.79 Å². The Morgan fingerprint density at radius 3 is 2.46 bits per heavy atom. The minimum absolute atomic E-state index is 0.336. The van der Waals surface area contributed by atoms with Gasteiger partial charge in [-0.2, -0.15) is 5.10 Å². The van der Waals surface area contributed by atoms with Gasteiger partial charge in [0.2, 0.25) is 0 Å². The molecule has 0 heterocycles. The molecule has 0 fully saturated rings. The fourth-order valence-electron chi connectivity index (χ4n) is 2.46. The van der Waals surface area contributed by atoms with Crippen LogP contribution in [0.5, 0.6) is 11.5 Å². The summed E-state index contributed by atoms with van der Waals surface area (Å²) in [5.41, 5.74) is 4.79. The first-order valence-corrected chi connectivity index (χ1v) is 8.97. The monoisotopic (exact) mass is 394 g/mol. The van der Waals surface area contributed by atoms with E-state index in [1.807, 2.05) is 48.5 Å². The van der Waals surface area contributed by atoms with Crippen molar-refractivity contribution in [1.82, 2.24) is 5.43 Å². The van der Waals surface area contributed by atoms with E-state index in [0.29, 0.717) is 22.9 Å². The first kappa shape index (κ1) is 19.5. The van der Waals surface area contributed by atoms with Crippen molar-refractivity contribution in [3.8, 4) is 11.5 Å². The number of nitrogens with zero attached hydrogens (tertiary/aromatic N) is 1. The van der Waals surface area contributed by atoms with Crippen molar-refractivity contribution in [3.05, 3.63) is 94.5 Å². The van der Waals surface area contributed by atoms with E-state index in [0.717, 1.165) is 16.9 Å². The number of para-hydroxylation sites is 1. The van der Waals surface area contributed by atoms with Gasteiger partial charge in [-0.15, -0.1) is 0 Å². The second kappa shape index (κ2) is 9.58. The van der Waals surface area contributed by atoms with Gasteiger partial charge in [0.05, 0.1) is 18.9 Å². The van der Waals surface area contributed by atoms with Crippen LogP contribution in [0.2, 0.25) is 5.02 Å². The predicted molar refractivity (Wildman–Crippen MR) is 110 cm³/mol.